The lowest BCUT2D eigenvalue weighted by Crippen LogP contribution is -2.14. The lowest BCUT2D eigenvalue weighted by molar-refractivity contribution is 0.697. The average Bonchev–Trinajstić information content (AvgIpc) is 2.26. The van der Waals surface area contributed by atoms with Gasteiger partial charge in [0.25, 0.3) is 0 Å². The minimum Gasteiger partial charge on any atom is -0.370 e. The third kappa shape index (κ3) is 5.73. The van der Waals surface area contributed by atoms with Crippen molar-refractivity contribution in [3.05, 3.63) is 16.5 Å². The van der Waals surface area contributed by atoms with Gasteiger partial charge in [-0.25, -0.2) is 9.97 Å². The van der Waals surface area contributed by atoms with E-state index in [1.165, 1.54) is 5.75 Å². The molecule has 96 valence electrons. The van der Waals surface area contributed by atoms with Crippen molar-refractivity contribution in [2.75, 3.05) is 23.9 Å². The number of hydrogen-bond donors (Lipinski definition) is 1. The summed E-state index contributed by atoms with van der Waals surface area (Å²) in [6.07, 6.45) is 4.13. The van der Waals surface area contributed by atoms with Gasteiger partial charge >= 0.3 is 0 Å². The Balaban J connectivity index is 2.57. The molecule has 0 spiro atoms. The molecule has 0 aliphatic carbocycles. The van der Waals surface area contributed by atoms with Crippen molar-refractivity contribution in [1.29, 1.82) is 0 Å². The summed E-state index contributed by atoms with van der Waals surface area (Å²) in [4.78, 5) is 8.84. The molecule has 0 aliphatic heterocycles. The van der Waals surface area contributed by atoms with Crippen molar-refractivity contribution in [3.8, 4) is 0 Å². The van der Waals surface area contributed by atoms with Crippen molar-refractivity contribution < 1.29 is 0 Å². The molecule has 3 nitrogen and oxygen atoms in total. The number of halogens is 1. The quantitative estimate of drug-likeness (QED) is 0.780. The van der Waals surface area contributed by atoms with Gasteiger partial charge in [0.15, 0.2) is 0 Å². The third-order valence-corrected chi connectivity index (χ3v) is 3.61. The zero-order valence-corrected chi connectivity index (χ0v) is 13.1. The molecule has 1 N–H and O–H groups in total. The molecule has 0 fully saturated rings. The van der Waals surface area contributed by atoms with Gasteiger partial charge in [-0.05, 0) is 40.3 Å². The second-order valence-corrected chi connectivity index (χ2v) is 5.91. The molecule has 5 heteroatoms. The van der Waals surface area contributed by atoms with E-state index in [1.54, 1.807) is 0 Å². The lowest BCUT2D eigenvalue weighted by atomic mass is 10.2. The molecule has 0 aliphatic rings. The SMILES string of the molecule is CCCc1nc(Br)cc(NCC(C)CSC)n1. The van der Waals surface area contributed by atoms with Gasteiger partial charge in [0, 0.05) is 19.0 Å². The molecule has 1 atom stereocenters. The van der Waals surface area contributed by atoms with E-state index < -0.39 is 0 Å². The zero-order chi connectivity index (χ0) is 12.7. The van der Waals surface area contributed by atoms with Crippen LogP contribution in [0.3, 0.4) is 0 Å². The minimum absolute atomic E-state index is 0.647. The maximum Gasteiger partial charge on any atom is 0.132 e. The maximum absolute atomic E-state index is 4.50. The molecule has 17 heavy (non-hydrogen) atoms. The highest BCUT2D eigenvalue weighted by Gasteiger charge is 2.04. The zero-order valence-electron chi connectivity index (χ0n) is 10.7. The molecule has 0 aromatic carbocycles. The van der Waals surface area contributed by atoms with Crippen LogP contribution in [-0.2, 0) is 6.42 Å². The molecule has 1 aromatic rings. The first-order chi connectivity index (χ1) is 8.15. The summed E-state index contributed by atoms with van der Waals surface area (Å²) in [6, 6.07) is 1.94. The van der Waals surface area contributed by atoms with E-state index >= 15 is 0 Å². The van der Waals surface area contributed by atoms with Crippen LogP contribution in [0.4, 0.5) is 5.82 Å². The van der Waals surface area contributed by atoms with Crippen molar-refractivity contribution in [1.82, 2.24) is 9.97 Å². The summed E-state index contributed by atoms with van der Waals surface area (Å²) in [7, 11) is 0. The molecular formula is C12H20BrN3S. The van der Waals surface area contributed by atoms with Gasteiger partial charge in [-0.2, -0.15) is 11.8 Å². The number of anilines is 1. The predicted octanol–water partition coefficient (Wildman–Crippen LogP) is 3.60. The summed E-state index contributed by atoms with van der Waals surface area (Å²) in [5.74, 6) is 3.64. The molecule has 1 heterocycles. The van der Waals surface area contributed by atoms with Crippen LogP contribution in [0.25, 0.3) is 0 Å². The Labute approximate surface area is 116 Å². The smallest absolute Gasteiger partial charge is 0.132 e. The van der Waals surface area contributed by atoms with E-state index in [2.05, 4.69) is 51.3 Å². The molecule has 0 saturated heterocycles. The van der Waals surface area contributed by atoms with Gasteiger partial charge in [0.1, 0.15) is 16.2 Å². The van der Waals surface area contributed by atoms with E-state index in [1.807, 2.05) is 17.8 Å². The second kappa shape index (κ2) is 7.93. The van der Waals surface area contributed by atoms with Gasteiger partial charge in [0.2, 0.25) is 0 Å². The molecular weight excluding hydrogens is 298 g/mol. The number of aryl methyl sites for hydroxylation is 1. The second-order valence-electron chi connectivity index (χ2n) is 4.18. The Morgan fingerprint density at radius 2 is 2.24 bits per heavy atom. The number of rotatable bonds is 7. The summed E-state index contributed by atoms with van der Waals surface area (Å²) in [5, 5.41) is 3.37. The van der Waals surface area contributed by atoms with Gasteiger partial charge < -0.3 is 5.32 Å². The molecule has 0 bridgehead atoms. The van der Waals surface area contributed by atoms with Crippen LogP contribution in [0.1, 0.15) is 26.1 Å². The van der Waals surface area contributed by atoms with Gasteiger partial charge in [0.05, 0.1) is 0 Å². The van der Waals surface area contributed by atoms with Crippen molar-refractivity contribution >= 4 is 33.5 Å². The van der Waals surface area contributed by atoms with Crippen LogP contribution >= 0.6 is 27.7 Å². The fourth-order valence-corrected chi connectivity index (χ4v) is 2.62. The van der Waals surface area contributed by atoms with Crippen molar-refractivity contribution in [3.63, 3.8) is 0 Å². The first kappa shape index (κ1) is 14.8. The topological polar surface area (TPSA) is 37.8 Å². The van der Waals surface area contributed by atoms with Crippen LogP contribution in [0, 0.1) is 5.92 Å². The molecule has 1 rings (SSSR count). The Morgan fingerprint density at radius 1 is 1.47 bits per heavy atom. The Hall–Kier alpha value is -0.290. The highest BCUT2D eigenvalue weighted by Crippen LogP contribution is 2.14. The molecule has 1 aromatic heterocycles. The monoisotopic (exact) mass is 317 g/mol. The average molecular weight is 318 g/mol. The highest BCUT2D eigenvalue weighted by atomic mass is 79.9. The Kier molecular flexibility index (Phi) is 6.89. The third-order valence-electron chi connectivity index (χ3n) is 2.30. The normalized spacial score (nSPS) is 12.5. The van der Waals surface area contributed by atoms with Crippen LogP contribution in [0.2, 0.25) is 0 Å². The number of nitrogens with one attached hydrogen (secondary N) is 1. The summed E-state index contributed by atoms with van der Waals surface area (Å²) < 4.78 is 0.857. The standard InChI is InChI=1S/C12H20BrN3S/c1-4-5-11-15-10(13)6-12(16-11)14-7-9(2)8-17-3/h6,9H,4-5,7-8H2,1-3H3,(H,14,15,16). The first-order valence-electron chi connectivity index (χ1n) is 5.92. The van der Waals surface area contributed by atoms with Crippen molar-refractivity contribution in [2.24, 2.45) is 5.92 Å². The minimum atomic E-state index is 0.647. The van der Waals surface area contributed by atoms with Crippen LogP contribution in [-0.4, -0.2) is 28.5 Å². The number of thioether (sulfide) groups is 1. The molecule has 1 unspecified atom stereocenters. The molecule has 0 radical (unpaired) electrons. The fourth-order valence-electron chi connectivity index (χ4n) is 1.51. The largest absolute Gasteiger partial charge is 0.370 e. The van der Waals surface area contributed by atoms with E-state index in [0.29, 0.717) is 5.92 Å². The van der Waals surface area contributed by atoms with E-state index in [-0.39, 0.29) is 0 Å². The Morgan fingerprint density at radius 3 is 2.88 bits per heavy atom. The van der Waals surface area contributed by atoms with Gasteiger partial charge in [-0.15, -0.1) is 0 Å². The van der Waals surface area contributed by atoms with Crippen LogP contribution in [0.15, 0.2) is 10.7 Å². The summed E-state index contributed by atoms with van der Waals surface area (Å²) in [5.41, 5.74) is 0. The van der Waals surface area contributed by atoms with Crippen LogP contribution in [0.5, 0.6) is 0 Å². The number of nitrogens with zero attached hydrogens (tertiary/aromatic N) is 2. The van der Waals surface area contributed by atoms with E-state index in [0.717, 1.165) is 35.6 Å². The lowest BCUT2D eigenvalue weighted by Gasteiger charge is -2.12. The summed E-state index contributed by atoms with van der Waals surface area (Å²) in [6.45, 7) is 5.33. The molecule has 0 amide bonds. The highest BCUT2D eigenvalue weighted by molar-refractivity contribution is 9.10. The van der Waals surface area contributed by atoms with Crippen LogP contribution < -0.4 is 5.32 Å². The summed E-state index contributed by atoms with van der Waals surface area (Å²) >= 11 is 5.30. The number of hydrogen-bond acceptors (Lipinski definition) is 4. The Bertz CT molecular complexity index is 347. The predicted molar refractivity (Wildman–Crippen MR) is 79.8 cm³/mol. The fraction of sp³-hybridized carbons (Fsp3) is 0.667. The van der Waals surface area contributed by atoms with E-state index in [4.69, 9.17) is 0 Å². The van der Waals surface area contributed by atoms with Crippen molar-refractivity contribution in [2.45, 2.75) is 26.7 Å². The first-order valence-corrected chi connectivity index (χ1v) is 8.10. The van der Waals surface area contributed by atoms with Gasteiger partial charge in [-0.1, -0.05) is 13.8 Å². The van der Waals surface area contributed by atoms with E-state index in [9.17, 15) is 0 Å². The van der Waals surface area contributed by atoms with Gasteiger partial charge in [-0.3, -0.25) is 0 Å². The maximum atomic E-state index is 4.50. The molecule has 0 saturated carbocycles. The number of aromatic nitrogens is 2.